The number of rotatable bonds is 4. The molecule has 4 nitrogen and oxygen atoms in total. The third-order valence-electron chi connectivity index (χ3n) is 3.62. The van der Waals surface area contributed by atoms with Gasteiger partial charge in [0.2, 0.25) is 0 Å². The summed E-state index contributed by atoms with van der Waals surface area (Å²) in [6, 6.07) is 0.547. The highest BCUT2D eigenvalue weighted by atomic mass is 32.1. The number of thiophene rings is 1. The Morgan fingerprint density at radius 1 is 1.47 bits per heavy atom. The van der Waals surface area contributed by atoms with Gasteiger partial charge in [-0.1, -0.05) is 6.92 Å². The van der Waals surface area contributed by atoms with Crippen molar-refractivity contribution in [1.82, 2.24) is 0 Å². The first-order chi connectivity index (χ1) is 8.08. The molecule has 0 spiro atoms. The summed E-state index contributed by atoms with van der Waals surface area (Å²) in [6.45, 7) is 2.22. The monoisotopic (exact) mass is 251 g/mol. The zero-order valence-corrected chi connectivity index (χ0v) is 10.6. The number of nitrogens with two attached hydrogens (primary N) is 2. The summed E-state index contributed by atoms with van der Waals surface area (Å²) in [5, 5.41) is 4.58. The second-order valence-electron chi connectivity index (χ2n) is 5.19. The molecule has 0 saturated heterocycles. The van der Waals surface area contributed by atoms with Gasteiger partial charge in [0.25, 0.3) is 5.91 Å². The molecule has 5 N–H and O–H groups in total. The van der Waals surface area contributed by atoms with Gasteiger partial charge in [-0.3, -0.25) is 4.79 Å². The van der Waals surface area contributed by atoms with Crippen LogP contribution < -0.4 is 16.8 Å². The maximum atomic E-state index is 11.3. The van der Waals surface area contributed by atoms with Gasteiger partial charge in [0.15, 0.2) is 0 Å². The zero-order chi connectivity index (χ0) is 12.2. The molecule has 1 amide bonds. The van der Waals surface area contributed by atoms with E-state index < -0.39 is 5.91 Å². The molecule has 2 aliphatic rings. The molecule has 2 atom stereocenters. The number of hydrogen-bond acceptors (Lipinski definition) is 4. The van der Waals surface area contributed by atoms with Gasteiger partial charge in [-0.25, -0.2) is 0 Å². The van der Waals surface area contributed by atoms with Gasteiger partial charge >= 0.3 is 0 Å². The quantitative estimate of drug-likeness (QED) is 0.766. The zero-order valence-electron chi connectivity index (χ0n) is 9.82. The van der Waals surface area contributed by atoms with Gasteiger partial charge in [-0.05, 0) is 31.1 Å². The maximum Gasteiger partial charge on any atom is 0.260 e. The highest BCUT2D eigenvalue weighted by Gasteiger charge is 2.37. The Kier molecular flexibility index (Phi) is 2.33. The van der Waals surface area contributed by atoms with Crippen LogP contribution in [-0.4, -0.2) is 11.9 Å². The van der Waals surface area contributed by atoms with E-state index in [4.69, 9.17) is 11.5 Å². The summed E-state index contributed by atoms with van der Waals surface area (Å²) in [5.41, 5.74) is 13.2. The Bertz CT molecular complexity index is 478. The summed E-state index contributed by atoms with van der Waals surface area (Å²) >= 11 is 1.42. The van der Waals surface area contributed by atoms with Crippen molar-refractivity contribution >= 4 is 27.9 Å². The first kappa shape index (κ1) is 10.9. The molecule has 2 fully saturated rings. The van der Waals surface area contributed by atoms with Crippen molar-refractivity contribution in [3.8, 4) is 0 Å². The molecule has 2 saturated carbocycles. The van der Waals surface area contributed by atoms with Crippen LogP contribution >= 0.6 is 11.3 Å². The third-order valence-corrected chi connectivity index (χ3v) is 4.79. The van der Waals surface area contributed by atoms with E-state index in [0.717, 1.165) is 16.5 Å². The summed E-state index contributed by atoms with van der Waals surface area (Å²) in [7, 11) is 0. The normalized spacial score (nSPS) is 26.9. The van der Waals surface area contributed by atoms with Gasteiger partial charge in [-0.2, -0.15) is 0 Å². The van der Waals surface area contributed by atoms with Gasteiger partial charge in [0.05, 0.1) is 10.7 Å². The fourth-order valence-corrected chi connectivity index (χ4v) is 3.34. The predicted octanol–water partition coefficient (Wildman–Crippen LogP) is 2.13. The van der Waals surface area contributed by atoms with Crippen LogP contribution in [-0.2, 0) is 0 Å². The molecule has 5 heteroatoms. The molecule has 0 radical (unpaired) electrons. The van der Waals surface area contributed by atoms with Crippen LogP contribution in [0.25, 0.3) is 0 Å². The van der Waals surface area contributed by atoms with Crippen molar-refractivity contribution in [2.45, 2.75) is 38.1 Å². The second-order valence-corrected chi connectivity index (χ2v) is 6.21. The number of hydrogen-bond donors (Lipinski definition) is 3. The molecule has 3 rings (SSSR count). The average molecular weight is 251 g/mol. The average Bonchev–Trinajstić information content (AvgIpc) is 3.14. The van der Waals surface area contributed by atoms with Crippen LogP contribution in [0.4, 0.5) is 10.7 Å². The minimum atomic E-state index is -0.411. The first-order valence-corrected chi connectivity index (χ1v) is 6.88. The minimum Gasteiger partial charge on any atom is -0.397 e. The molecule has 0 aliphatic heterocycles. The molecule has 1 heterocycles. The molecule has 2 aliphatic carbocycles. The van der Waals surface area contributed by atoms with Crippen LogP contribution in [0.1, 0.15) is 47.3 Å². The van der Waals surface area contributed by atoms with E-state index in [-0.39, 0.29) is 0 Å². The molecular formula is C12H17N3OS. The van der Waals surface area contributed by atoms with E-state index in [9.17, 15) is 4.79 Å². The van der Waals surface area contributed by atoms with E-state index in [1.54, 1.807) is 0 Å². The lowest BCUT2D eigenvalue weighted by Crippen LogP contribution is -2.11. The van der Waals surface area contributed by atoms with E-state index in [2.05, 4.69) is 12.2 Å². The molecule has 1 aromatic heterocycles. The van der Waals surface area contributed by atoms with Crippen LogP contribution in [0.2, 0.25) is 0 Å². The highest BCUT2D eigenvalue weighted by Crippen LogP contribution is 2.51. The number of nitrogens with one attached hydrogen (secondary N) is 1. The van der Waals surface area contributed by atoms with Gasteiger partial charge in [-0.15, -0.1) is 11.3 Å². The lowest BCUT2D eigenvalue weighted by molar-refractivity contribution is 0.100. The number of amides is 1. The Balaban J connectivity index is 1.94. The number of carbonyl (C=O) groups is 1. The Labute approximate surface area is 104 Å². The number of primary amides is 1. The molecule has 2 unspecified atom stereocenters. The van der Waals surface area contributed by atoms with Gasteiger partial charge in [0, 0.05) is 11.6 Å². The lowest BCUT2D eigenvalue weighted by atomic mass is 10.1. The number of carbonyl (C=O) groups excluding carboxylic acids is 1. The minimum absolute atomic E-state index is 0.411. The predicted molar refractivity (Wildman–Crippen MR) is 70.4 cm³/mol. The van der Waals surface area contributed by atoms with E-state index >= 15 is 0 Å². The molecule has 0 aromatic carbocycles. The fraction of sp³-hybridized carbons (Fsp3) is 0.583. The van der Waals surface area contributed by atoms with E-state index in [0.29, 0.717) is 22.5 Å². The van der Waals surface area contributed by atoms with Crippen LogP contribution in [0.3, 0.4) is 0 Å². The molecular weight excluding hydrogens is 234 g/mol. The standard InChI is InChI=1S/C12H17N3OS/c1-5-4-7(5)15-12-8(6-2-3-6)9(13)10(17-12)11(14)16/h5-7,15H,2-4,13H2,1H3,(H2,14,16). The van der Waals surface area contributed by atoms with Crippen LogP contribution in [0.15, 0.2) is 0 Å². The SMILES string of the molecule is CC1CC1Nc1sc(C(N)=O)c(N)c1C1CC1. The lowest BCUT2D eigenvalue weighted by Gasteiger charge is -2.05. The molecule has 92 valence electrons. The molecule has 0 bridgehead atoms. The topological polar surface area (TPSA) is 81.1 Å². The van der Waals surface area contributed by atoms with Crippen LogP contribution in [0, 0.1) is 5.92 Å². The van der Waals surface area contributed by atoms with Crippen molar-refractivity contribution in [2.24, 2.45) is 11.7 Å². The summed E-state index contributed by atoms with van der Waals surface area (Å²) in [6.07, 6.45) is 3.55. The first-order valence-electron chi connectivity index (χ1n) is 6.06. The van der Waals surface area contributed by atoms with Gasteiger partial charge < -0.3 is 16.8 Å². The van der Waals surface area contributed by atoms with Crippen LogP contribution in [0.5, 0.6) is 0 Å². The summed E-state index contributed by atoms with van der Waals surface area (Å²) in [4.78, 5) is 11.8. The number of anilines is 2. The highest BCUT2D eigenvalue weighted by molar-refractivity contribution is 7.18. The number of nitrogen functional groups attached to an aromatic ring is 1. The summed E-state index contributed by atoms with van der Waals surface area (Å²) < 4.78 is 0. The largest absolute Gasteiger partial charge is 0.397 e. The fourth-order valence-electron chi connectivity index (χ4n) is 2.22. The maximum absolute atomic E-state index is 11.3. The molecule has 1 aromatic rings. The Hall–Kier alpha value is -1.23. The summed E-state index contributed by atoms with van der Waals surface area (Å²) in [5.74, 6) is 0.851. The molecule has 17 heavy (non-hydrogen) atoms. The van der Waals surface area contributed by atoms with Gasteiger partial charge in [0.1, 0.15) is 4.88 Å². The second kappa shape index (κ2) is 3.63. The van der Waals surface area contributed by atoms with Crippen molar-refractivity contribution in [3.05, 3.63) is 10.4 Å². The third kappa shape index (κ3) is 1.88. The van der Waals surface area contributed by atoms with Crippen molar-refractivity contribution in [1.29, 1.82) is 0 Å². The van der Waals surface area contributed by atoms with E-state index in [1.807, 2.05) is 0 Å². The Morgan fingerprint density at radius 2 is 2.12 bits per heavy atom. The smallest absolute Gasteiger partial charge is 0.260 e. The van der Waals surface area contributed by atoms with Crippen molar-refractivity contribution in [2.75, 3.05) is 11.1 Å². The van der Waals surface area contributed by atoms with Crippen molar-refractivity contribution < 1.29 is 4.79 Å². The Morgan fingerprint density at radius 3 is 2.59 bits per heavy atom. The van der Waals surface area contributed by atoms with E-state index in [1.165, 1.54) is 30.6 Å². The van der Waals surface area contributed by atoms with Crippen molar-refractivity contribution in [3.63, 3.8) is 0 Å².